The van der Waals surface area contributed by atoms with Gasteiger partial charge in [-0.2, -0.15) is 9.61 Å². The van der Waals surface area contributed by atoms with Crippen LogP contribution < -0.4 is 10.2 Å². The molecule has 1 amide bonds. The van der Waals surface area contributed by atoms with Crippen molar-refractivity contribution in [3.8, 4) is 11.3 Å². The normalized spacial score (nSPS) is 14.5. The molecule has 180 valence electrons. The van der Waals surface area contributed by atoms with Gasteiger partial charge in [0.1, 0.15) is 17.5 Å². The molecule has 6 nitrogen and oxygen atoms in total. The number of carbonyl (C=O) groups excluding carboxylic acids is 1. The van der Waals surface area contributed by atoms with Gasteiger partial charge in [0.2, 0.25) is 5.91 Å². The fraction of sp³-hybridized carbons (Fsp3) is 0.296. The molecule has 1 saturated heterocycles. The molecule has 4 aromatic rings. The number of fused-ring (bicyclic) bond motifs is 1. The molecule has 0 atom stereocenters. The van der Waals surface area contributed by atoms with Crippen LogP contribution in [0.1, 0.15) is 29.7 Å². The summed E-state index contributed by atoms with van der Waals surface area (Å²) in [5, 5.41) is 7.41. The summed E-state index contributed by atoms with van der Waals surface area (Å²) in [4.78, 5) is 19.6. The number of carbonyl (C=O) groups is 1. The summed E-state index contributed by atoms with van der Waals surface area (Å²) in [6.07, 6.45) is 1.19. The Balaban J connectivity index is 1.35. The molecule has 2 aromatic heterocycles. The third-order valence-electron chi connectivity index (χ3n) is 6.43. The largest absolute Gasteiger partial charge is 0.356 e. The first-order valence-corrected chi connectivity index (χ1v) is 11.7. The van der Waals surface area contributed by atoms with Crippen LogP contribution >= 0.6 is 0 Å². The number of nitrogens with zero attached hydrogens (tertiary/aromatic N) is 4. The maximum Gasteiger partial charge on any atom is 0.227 e. The van der Waals surface area contributed by atoms with E-state index in [2.05, 4.69) is 47.2 Å². The Morgan fingerprint density at radius 2 is 1.69 bits per heavy atom. The summed E-state index contributed by atoms with van der Waals surface area (Å²) in [5.74, 6) is -0.881. The lowest BCUT2D eigenvalue weighted by molar-refractivity contribution is -0.120. The van der Waals surface area contributed by atoms with Gasteiger partial charge in [0.25, 0.3) is 0 Å². The highest BCUT2D eigenvalue weighted by Crippen LogP contribution is 2.28. The number of aromatic nitrogens is 3. The Hall–Kier alpha value is -3.81. The third kappa shape index (κ3) is 4.73. The highest BCUT2D eigenvalue weighted by Gasteiger charge is 2.27. The van der Waals surface area contributed by atoms with E-state index in [4.69, 9.17) is 5.10 Å². The number of rotatable bonds is 4. The van der Waals surface area contributed by atoms with Crippen LogP contribution in [0.15, 0.2) is 48.5 Å². The highest BCUT2D eigenvalue weighted by molar-refractivity contribution is 5.92. The average Bonchev–Trinajstić information content (AvgIpc) is 3.24. The summed E-state index contributed by atoms with van der Waals surface area (Å²) in [5.41, 5.74) is 5.81. The maximum absolute atomic E-state index is 13.9. The van der Waals surface area contributed by atoms with Gasteiger partial charge in [0, 0.05) is 48.5 Å². The zero-order valence-corrected chi connectivity index (χ0v) is 20.0. The standard InChI is InChI=1S/C27H27F2N5O/c1-16-10-17(2)12-20(11-16)23-15-25-30-18(3)13-26(34(25)32-23)33-8-6-19(7-9-33)27(35)31-24-14-21(28)4-5-22(24)29/h4-5,10-15,19H,6-9H2,1-3H3,(H,31,35). The fourth-order valence-electron chi connectivity index (χ4n) is 4.77. The summed E-state index contributed by atoms with van der Waals surface area (Å²) >= 11 is 0. The minimum atomic E-state index is -0.648. The second kappa shape index (κ2) is 9.09. The predicted octanol–water partition coefficient (Wildman–Crippen LogP) is 5.45. The van der Waals surface area contributed by atoms with E-state index in [1.165, 1.54) is 11.1 Å². The number of aryl methyl sites for hydroxylation is 3. The van der Waals surface area contributed by atoms with E-state index in [-0.39, 0.29) is 17.5 Å². The van der Waals surface area contributed by atoms with Crippen molar-refractivity contribution < 1.29 is 13.6 Å². The van der Waals surface area contributed by atoms with Crippen molar-refractivity contribution in [2.45, 2.75) is 33.6 Å². The lowest BCUT2D eigenvalue weighted by Crippen LogP contribution is -2.39. The topological polar surface area (TPSA) is 62.5 Å². The maximum atomic E-state index is 13.9. The lowest BCUT2D eigenvalue weighted by atomic mass is 9.95. The van der Waals surface area contributed by atoms with Gasteiger partial charge in [-0.3, -0.25) is 4.79 Å². The molecule has 0 saturated carbocycles. The van der Waals surface area contributed by atoms with Crippen LogP contribution in [0.3, 0.4) is 0 Å². The van der Waals surface area contributed by atoms with Crippen molar-refractivity contribution in [2.75, 3.05) is 23.3 Å². The molecule has 1 aliphatic rings. The number of hydrogen-bond acceptors (Lipinski definition) is 4. The van der Waals surface area contributed by atoms with Gasteiger partial charge in [-0.05, 0) is 57.9 Å². The monoisotopic (exact) mass is 475 g/mol. The van der Waals surface area contributed by atoms with Crippen molar-refractivity contribution in [1.29, 1.82) is 0 Å². The Morgan fingerprint density at radius 3 is 2.40 bits per heavy atom. The first kappa shape index (κ1) is 23.0. The third-order valence-corrected chi connectivity index (χ3v) is 6.43. The Labute approximate surface area is 202 Å². The number of anilines is 2. The Bertz CT molecular complexity index is 1400. The number of benzene rings is 2. The van der Waals surface area contributed by atoms with Crippen molar-refractivity contribution in [3.05, 3.63) is 77.0 Å². The second-order valence-corrected chi connectivity index (χ2v) is 9.31. The molecule has 1 fully saturated rings. The average molecular weight is 476 g/mol. The van der Waals surface area contributed by atoms with Crippen LogP contribution in [-0.4, -0.2) is 33.6 Å². The summed E-state index contributed by atoms with van der Waals surface area (Å²) < 4.78 is 29.2. The molecule has 5 rings (SSSR count). The van der Waals surface area contributed by atoms with Crippen molar-refractivity contribution in [3.63, 3.8) is 0 Å². The van der Waals surface area contributed by atoms with E-state index in [1.54, 1.807) is 0 Å². The number of piperidine rings is 1. The van der Waals surface area contributed by atoms with Crippen LogP contribution in [-0.2, 0) is 4.79 Å². The number of amides is 1. The number of nitrogens with one attached hydrogen (secondary N) is 1. The Morgan fingerprint density at radius 1 is 0.971 bits per heavy atom. The molecule has 0 aliphatic carbocycles. The van der Waals surface area contributed by atoms with Gasteiger partial charge >= 0.3 is 0 Å². The molecule has 1 aliphatic heterocycles. The summed E-state index contributed by atoms with van der Waals surface area (Å²) in [6.45, 7) is 7.38. The molecule has 3 heterocycles. The SMILES string of the molecule is Cc1cc(C)cc(-c2cc3nc(C)cc(N4CCC(C(=O)Nc5cc(F)ccc5F)CC4)n3n2)c1. The number of halogens is 2. The molecule has 0 spiro atoms. The van der Waals surface area contributed by atoms with Crippen molar-refractivity contribution >= 4 is 23.1 Å². The molecule has 1 N–H and O–H groups in total. The van der Waals surface area contributed by atoms with Gasteiger partial charge in [0.15, 0.2) is 5.65 Å². The lowest BCUT2D eigenvalue weighted by Gasteiger charge is -2.33. The quantitative estimate of drug-likeness (QED) is 0.426. The zero-order valence-electron chi connectivity index (χ0n) is 20.0. The smallest absolute Gasteiger partial charge is 0.227 e. The van der Waals surface area contributed by atoms with Crippen LogP contribution in [0, 0.1) is 38.3 Å². The van der Waals surface area contributed by atoms with Gasteiger partial charge in [-0.15, -0.1) is 0 Å². The summed E-state index contributed by atoms with van der Waals surface area (Å²) in [7, 11) is 0. The first-order valence-electron chi connectivity index (χ1n) is 11.7. The minimum Gasteiger partial charge on any atom is -0.356 e. The van der Waals surface area contributed by atoms with E-state index < -0.39 is 11.6 Å². The molecule has 0 radical (unpaired) electrons. The van der Waals surface area contributed by atoms with Crippen LogP contribution in [0.4, 0.5) is 20.3 Å². The van der Waals surface area contributed by atoms with E-state index in [0.717, 1.165) is 46.6 Å². The predicted molar refractivity (Wildman–Crippen MR) is 133 cm³/mol. The van der Waals surface area contributed by atoms with Crippen LogP contribution in [0.5, 0.6) is 0 Å². The number of hydrogen-bond donors (Lipinski definition) is 1. The molecular weight excluding hydrogens is 448 g/mol. The van der Waals surface area contributed by atoms with Gasteiger partial charge in [-0.25, -0.2) is 13.8 Å². The highest BCUT2D eigenvalue weighted by atomic mass is 19.1. The van der Waals surface area contributed by atoms with Crippen LogP contribution in [0.25, 0.3) is 16.9 Å². The van der Waals surface area contributed by atoms with Gasteiger partial charge in [0.05, 0.1) is 11.4 Å². The zero-order chi connectivity index (χ0) is 24.7. The molecular formula is C27H27F2N5O. The minimum absolute atomic E-state index is 0.126. The van der Waals surface area contributed by atoms with E-state index in [1.807, 2.05) is 23.6 Å². The fourth-order valence-corrected chi connectivity index (χ4v) is 4.77. The Kier molecular flexibility index (Phi) is 5.96. The summed E-state index contributed by atoms with van der Waals surface area (Å²) in [6, 6.07) is 13.4. The molecule has 8 heteroatoms. The second-order valence-electron chi connectivity index (χ2n) is 9.31. The molecule has 2 aromatic carbocycles. The van der Waals surface area contributed by atoms with E-state index in [0.29, 0.717) is 25.9 Å². The van der Waals surface area contributed by atoms with Gasteiger partial charge < -0.3 is 10.2 Å². The van der Waals surface area contributed by atoms with Crippen LogP contribution in [0.2, 0.25) is 0 Å². The van der Waals surface area contributed by atoms with E-state index in [9.17, 15) is 13.6 Å². The van der Waals surface area contributed by atoms with Gasteiger partial charge in [-0.1, -0.05) is 17.2 Å². The van der Waals surface area contributed by atoms with Crippen molar-refractivity contribution in [1.82, 2.24) is 14.6 Å². The molecule has 0 unspecified atom stereocenters. The first-order chi connectivity index (χ1) is 16.8. The van der Waals surface area contributed by atoms with E-state index >= 15 is 0 Å². The van der Waals surface area contributed by atoms with Crippen molar-refractivity contribution in [2.24, 2.45) is 5.92 Å². The molecule has 35 heavy (non-hydrogen) atoms. The molecule has 0 bridgehead atoms.